The second-order valence-electron chi connectivity index (χ2n) is 7.11. The summed E-state index contributed by atoms with van der Waals surface area (Å²) in [5.41, 5.74) is 3.03. The summed E-state index contributed by atoms with van der Waals surface area (Å²) < 4.78 is 0. The molecule has 0 aliphatic heterocycles. The molecule has 1 atom stereocenters. The Morgan fingerprint density at radius 2 is 1.80 bits per heavy atom. The lowest BCUT2D eigenvalue weighted by molar-refractivity contribution is 0.261. The van der Waals surface area contributed by atoms with Gasteiger partial charge in [-0.15, -0.1) is 0 Å². The molecule has 1 aliphatic rings. The van der Waals surface area contributed by atoms with Crippen LogP contribution in [0.25, 0.3) is 0 Å². The van der Waals surface area contributed by atoms with E-state index in [4.69, 9.17) is 0 Å². The minimum absolute atomic E-state index is 0.677. The molecule has 0 heterocycles. The first-order valence-corrected chi connectivity index (χ1v) is 8.37. The van der Waals surface area contributed by atoms with Gasteiger partial charge < -0.3 is 5.32 Å². The number of rotatable bonds is 7. The second kappa shape index (κ2) is 7.26. The topological polar surface area (TPSA) is 12.0 Å². The summed E-state index contributed by atoms with van der Waals surface area (Å²) in [4.78, 5) is 0. The van der Waals surface area contributed by atoms with Crippen molar-refractivity contribution < 1.29 is 0 Å². The maximum absolute atomic E-state index is 3.81. The van der Waals surface area contributed by atoms with Crippen LogP contribution in [-0.4, -0.2) is 12.1 Å². The number of benzene rings is 1. The lowest BCUT2D eigenvalue weighted by Crippen LogP contribution is -2.44. The summed E-state index contributed by atoms with van der Waals surface area (Å²) in [6, 6.07) is 10.3. The van der Waals surface area contributed by atoms with Crippen LogP contribution in [0.15, 0.2) is 24.3 Å². The van der Waals surface area contributed by atoms with Crippen LogP contribution in [0, 0.1) is 12.8 Å². The third-order valence-electron chi connectivity index (χ3n) is 4.71. The standard InChI is InChI=1S/C19H31N/c1-14(2)8-7-10-16(4)20-18-12-17(13-18)19-11-6-5-9-15(19)3/h5-6,9,11,14,16-18,20H,7-8,10,12-13H2,1-4H3. The van der Waals surface area contributed by atoms with Gasteiger partial charge in [0.2, 0.25) is 0 Å². The maximum Gasteiger partial charge on any atom is 0.00812 e. The van der Waals surface area contributed by atoms with Gasteiger partial charge in [0, 0.05) is 12.1 Å². The van der Waals surface area contributed by atoms with Crippen LogP contribution in [0.4, 0.5) is 0 Å². The van der Waals surface area contributed by atoms with Gasteiger partial charge in [0.05, 0.1) is 0 Å². The third kappa shape index (κ3) is 4.34. The molecule has 112 valence electrons. The van der Waals surface area contributed by atoms with Crippen LogP contribution in [0.1, 0.15) is 69.9 Å². The van der Waals surface area contributed by atoms with Crippen molar-refractivity contribution >= 4 is 0 Å². The fraction of sp³-hybridized carbons (Fsp3) is 0.684. The monoisotopic (exact) mass is 273 g/mol. The van der Waals surface area contributed by atoms with Crippen molar-refractivity contribution in [2.45, 2.75) is 77.8 Å². The molecule has 1 N–H and O–H groups in total. The van der Waals surface area contributed by atoms with E-state index in [0.29, 0.717) is 6.04 Å². The summed E-state index contributed by atoms with van der Waals surface area (Å²) in [5.74, 6) is 1.63. The van der Waals surface area contributed by atoms with Gasteiger partial charge in [-0.1, -0.05) is 51.0 Å². The number of hydrogen-bond acceptors (Lipinski definition) is 1. The highest BCUT2D eigenvalue weighted by molar-refractivity contribution is 5.31. The zero-order valence-corrected chi connectivity index (χ0v) is 13.7. The lowest BCUT2D eigenvalue weighted by atomic mass is 9.74. The first-order valence-electron chi connectivity index (χ1n) is 8.37. The van der Waals surface area contributed by atoms with Crippen LogP contribution >= 0.6 is 0 Å². The molecule has 0 amide bonds. The van der Waals surface area contributed by atoms with Gasteiger partial charge in [0.15, 0.2) is 0 Å². The molecule has 1 saturated carbocycles. The quantitative estimate of drug-likeness (QED) is 0.733. The van der Waals surface area contributed by atoms with Crippen LogP contribution in [0.3, 0.4) is 0 Å². The summed E-state index contributed by atoms with van der Waals surface area (Å²) in [7, 11) is 0. The van der Waals surface area contributed by atoms with E-state index in [-0.39, 0.29) is 0 Å². The molecule has 1 unspecified atom stereocenters. The summed E-state index contributed by atoms with van der Waals surface area (Å²) >= 11 is 0. The van der Waals surface area contributed by atoms with E-state index >= 15 is 0 Å². The van der Waals surface area contributed by atoms with Crippen molar-refractivity contribution in [2.24, 2.45) is 5.92 Å². The zero-order valence-electron chi connectivity index (χ0n) is 13.7. The Labute approximate surface area is 125 Å². The van der Waals surface area contributed by atoms with Gasteiger partial charge in [-0.2, -0.15) is 0 Å². The molecule has 1 nitrogen and oxygen atoms in total. The average Bonchev–Trinajstić information content (AvgIpc) is 2.34. The zero-order chi connectivity index (χ0) is 14.5. The fourth-order valence-corrected chi connectivity index (χ4v) is 3.37. The Bertz CT molecular complexity index is 404. The van der Waals surface area contributed by atoms with E-state index in [0.717, 1.165) is 17.9 Å². The number of nitrogens with one attached hydrogen (secondary N) is 1. The Kier molecular flexibility index (Phi) is 5.65. The average molecular weight is 273 g/mol. The molecule has 1 aliphatic carbocycles. The van der Waals surface area contributed by atoms with Gasteiger partial charge in [-0.05, 0) is 56.1 Å². The van der Waals surface area contributed by atoms with Crippen LogP contribution in [0.5, 0.6) is 0 Å². The van der Waals surface area contributed by atoms with Crippen molar-refractivity contribution in [3.8, 4) is 0 Å². The Hall–Kier alpha value is -0.820. The maximum atomic E-state index is 3.81. The Balaban J connectivity index is 1.68. The van der Waals surface area contributed by atoms with Crippen LogP contribution in [0.2, 0.25) is 0 Å². The van der Waals surface area contributed by atoms with Gasteiger partial charge >= 0.3 is 0 Å². The molecule has 1 fully saturated rings. The number of hydrogen-bond donors (Lipinski definition) is 1. The van der Waals surface area contributed by atoms with Crippen molar-refractivity contribution in [2.75, 3.05) is 0 Å². The van der Waals surface area contributed by atoms with Crippen molar-refractivity contribution in [1.82, 2.24) is 5.32 Å². The summed E-state index contributed by atoms with van der Waals surface area (Å²) in [5, 5.41) is 3.81. The summed E-state index contributed by atoms with van der Waals surface area (Å²) in [6.07, 6.45) is 6.69. The normalized spacial score (nSPS) is 23.6. The smallest absolute Gasteiger partial charge is 0.00812 e. The van der Waals surface area contributed by atoms with E-state index in [2.05, 4.69) is 57.3 Å². The van der Waals surface area contributed by atoms with E-state index in [9.17, 15) is 0 Å². The van der Waals surface area contributed by atoms with E-state index in [1.54, 1.807) is 5.56 Å². The third-order valence-corrected chi connectivity index (χ3v) is 4.71. The Morgan fingerprint density at radius 1 is 1.10 bits per heavy atom. The van der Waals surface area contributed by atoms with Crippen LogP contribution < -0.4 is 5.32 Å². The van der Waals surface area contributed by atoms with Gasteiger partial charge in [-0.25, -0.2) is 0 Å². The molecule has 0 bridgehead atoms. The second-order valence-corrected chi connectivity index (χ2v) is 7.11. The SMILES string of the molecule is Cc1ccccc1C1CC(NC(C)CCCC(C)C)C1. The highest BCUT2D eigenvalue weighted by Crippen LogP contribution is 2.38. The molecule has 0 radical (unpaired) electrons. The lowest BCUT2D eigenvalue weighted by Gasteiger charge is -2.39. The highest BCUT2D eigenvalue weighted by Gasteiger charge is 2.31. The molecule has 2 rings (SSSR count). The summed E-state index contributed by atoms with van der Waals surface area (Å²) in [6.45, 7) is 9.22. The molecule has 1 heteroatoms. The molecular weight excluding hydrogens is 242 g/mol. The Morgan fingerprint density at radius 3 is 2.45 bits per heavy atom. The predicted molar refractivity (Wildman–Crippen MR) is 88.2 cm³/mol. The van der Waals surface area contributed by atoms with Gasteiger partial charge in [-0.3, -0.25) is 0 Å². The van der Waals surface area contributed by atoms with Crippen LogP contribution in [-0.2, 0) is 0 Å². The molecule has 1 aromatic carbocycles. The molecule has 1 aromatic rings. The molecular formula is C19H31N. The minimum Gasteiger partial charge on any atom is -0.311 e. The highest BCUT2D eigenvalue weighted by atomic mass is 15.0. The molecule has 0 aromatic heterocycles. The first kappa shape index (κ1) is 15.6. The van der Waals surface area contributed by atoms with E-state index < -0.39 is 0 Å². The van der Waals surface area contributed by atoms with Gasteiger partial charge in [0.1, 0.15) is 0 Å². The predicted octanol–water partition coefficient (Wildman–Crippen LogP) is 5.05. The largest absolute Gasteiger partial charge is 0.311 e. The van der Waals surface area contributed by atoms with Crippen molar-refractivity contribution in [3.63, 3.8) is 0 Å². The number of aryl methyl sites for hydroxylation is 1. The van der Waals surface area contributed by atoms with Crippen molar-refractivity contribution in [1.29, 1.82) is 0 Å². The van der Waals surface area contributed by atoms with E-state index in [1.165, 1.54) is 37.7 Å². The van der Waals surface area contributed by atoms with Gasteiger partial charge in [0.25, 0.3) is 0 Å². The van der Waals surface area contributed by atoms with Crippen molar-refractivity contribution in [3.05, 3.63) is 35.4 Å². The fourth-order valence-electron chi connectivity index (χ4n) is 3.37. The first-order chi connectivity index (χ1) is 9.56. The molecule has 0 spiro atoms. The minimum atomic E-state index is 0.677. The molecule has 20 heavy (non-hydrogen) atoms. The molecule has 0 saturated heterocycles. The van der Waals surface area contributed by atoms with E-state index in [1.807, 2.05) is 0 Å².